The van der Waals surface area contributed by atoms with Gasteiger partial charge in [0.25, 0.3) is 8.32 Å². The van der Waals surface area contributed by atoms with Crippen molar-refractivity contribution in [1.29, 1.82) is 0 Å². The van der Waals surface area contributed by atoms with Crippen molar-refractivity contribution in [1.82, 2.24) is 4.90 Å². The SMILES string of the molecule is CC(C(O)c1cc(F)c(O[Si](C(C)C)(C(C)C)C(C)C)c(F)c1)N1CCC(O)(c2ccc(Cl)cc2)CC1. The summed E-state index contributed by atoms with van der Waals surface area (Å²) < 4.78 is 36.9. The van der Waals surface area contributed by atoms with E-state index in [-0.39, 0.29) is 27.9 Å². The molecule has 1 heterocycles. The summed E-state index contributed by atoms with van der Waals surface area (Å²) in [5.74, 6) is -1.90. The third-order valence-corrected chi connectivity index (χ3v) is 14.6. The van der Waals surface area contributed by atoms with Crippen LogP contribution in [0.2, 0.25) is 21.6 Å². The summed E-state index contributed by atoms with van der Waals surface area (Å²) in [6, 6.07) is 9.21. The summed E-state index contributed by atoms with van der Waals surface area (Å²) >= 11 is 5.98. The van der Waals surface area contributed by atoms with Crippen molar-refractivity contribution >= 4 is 19.9 Å². The summed E-state index contributed by atoms with van der Waals surface area (Å²) in [4.78, 5) is 2.05. The Bertz CT molecular complexity index is 1010. The second-order valence-corrected chi connectivity index (χ2v) is 17.3. The predicted octanol–water partition coefficient (Wildman–Crippen LogP) is 7.58. The number of aliphatic hydroxyl groups excluding tert-OH is 1. The third-order valence-electron chi connectivity index (χ3n) is 8.39. The summed E-state index contributed by atoms with van der Waals surface area (Å²) in [7, 11) is -2.55. The number of hydrogen-bond acceptors (Lipinski definition) is 4. The van der Waals surface area contributed by atoms with Crippen LogP contribution in [-0.4, -0.2) is 42.6 Å². The van der Waals surface area contributed by atoms with Crippen LogP contribution >= 0.6 is 11.6 Å². The third kappa shape index (κ3) is 6.06. The van der Waals surface area contributed by atoms with E-state index in [0.717, 1.165) is 5.56 Å². The molecule has 0 aromatic heterocycles. The Morgan fingerprint density at radius 1 is 0.892 bits per heavy atom. The number of hydrogen-bond donors (Lipinski definition) is 2. The molecule has 37 heavy (non-hydrogen) atoms. The van der Waals surface area contributed by atoms with Crippen LogP contribution in [0.5, 0.6) is 5.75 Å². The maximum Gasteiger partial charge on any atom is 0.259 e. The number of piperidine rings is 1. The van der Waals surface area contributed by atoms with Crippen LogP contribution in [0.3, 0.4) is 0 Å². The van der Waals surface area contributed by atoms with E-state index in [1.54, 1.807) is 12.1 Å². The average molecular weight is 554 g/mol. The van der Waals surface area contributed by atoms with Gasteiger partial charge in [-0.25, -0.2) is 8.78 Å². The van der Waals surface area contributed by atoms with Gasteiger partial charge in [-0.05, 0) is 71.8 Å². The standard InChI is InChI=1S/C29H42ClF2NO3Si/c1-18(2)37(19(3)4,20(5)6)36-28-25(31)16-22(17-26(28)32)27(34)21(7)33-14-12-29(35,13-15-33)23-8-10-24(30)11-9-23/h8-11,16-21,27,34-35H,12-15H2,1-7H3. The molecule has 0 aliphatic carbocycles. The highest BCUT2D eigenvalue weighted by molar-refractivity contribution is 6.78. The van der Waals surface area contributed by atoms with Gasteiger partial charge >= 0.3 is 0 Å². The number of halogens is 3. The van der Waals surface area contributed by atoms with E-state index in [1.807, 2.05) is 24.0 Å². The van der Waals surface area contributed by atoms with Crippen molar-refractivity contribution < 1.29 is 23.4 Å². The summed E-state index contributed by atoms with van der Waals surface area (Å²) in [6.07, 6.45) is -0.136. The van der Waals surface area contributed by atoms with E-state index in [4.69, 9.17) is 16.0 Å². The lowest BCUT2D eigenvalue weighted by Gasteiger charge is -2.43. The van der Waals surface area contributed by atoms with E-state index in [2.05, 4.69) is 41.5 Å². The fourth-order valence-electron chi connectivity index (χ4n) is 6.21. The zero-order valence-corrected chi connectivity index (χ0v) is 24.8. The lowest BCUT2D eigenvalue weighted by Crippen LogP contribution is -2.51. The summed E-state index contributed by atoms with van der Waals surface area (Å²) in [5, 5.41) is 22.8. The fraction of sp³-hybridized carbons (Fsp3) is 0.586. The largest absolute Gasteiger partial charge is 0.539 e. The minimum Gasteiger partial charge on any atom is -0.539 e. The molecule has 2 unspecified atom stereocenters. The van der Waals surface area contributed by atoms with Gasteiger partial charge < -0.3 is 14.6 Å². The first kappa shape index (κ1) is 30.0. The molecule has 8 heteroatoms. The minimum absolute atomic E-state index is 0.169. The van der Waals surface area contributed by atoms with Gasteiger partial charge in [0, 0.05) is 24.2 Å². The minimum atomic E-state index is -2.55. The second-order valence-electron chi connectivity index (χ2n) is 11.5. The molecule has 0 spiro atoms. The van der Waals surface area contributed by atoms with Crippen molar-refractivity contribution in [2.24, 2.45) is 0 Å². The highest BCUT2D eigenvalue weighted by Gasteiger charge is 2.48. The van der Waals surface area contributed by atoms with Gasteiger partial charge in [-0.2, -0.15) is 0 Å². The molecule has 1 aliphatic rings. The maximum atomic E-state index is 15.3. The molecular weight excluding hydrogens is 512 g/mol. The van der Waals surface area contributed by atoms with Gasteiger partial charge in [-0.3, -0.25) is 4.90 Å². The predicted molar refractivity (Wildman–Crippen MR) is 149 cm³/mol. The van der Waals surface area contributed by atoms with Crippen molar-refractivity contribution in [2.45, 2.75) is 95.7 Å². The van der Waals surface area contributed by atoms with Crippen LogP contribution in [0.25, 0.3) is 0 Å². The van der Waals surface area contributed by atoms with E-state index >= 15 is 8.78 Å². The molecule has 3 rings (SSSR count). The molecule has 1 aliphatic heterocycles. The number of nitrogens with zero attached hydrogens (tertiary/aromatic N) is 1. The molecule has 1 saturated heterocycles. The topological polar surface area (TPSA) is 52.9 Å². The molecule has 2 atom stereocenters. The Hall–Kier alpha value is -1.51. The monoisotopic (exact) mass is 553 g/mol. The number of likely N-dealkylation sites (tertiary alicyclic amines) is 1. The lowest BCUT2D eigenvalue weighted by molar-refractivity contribution is -0.0502. The molecule has 2 aromatic rings. The van der Waals surface area contributed by atoms with Gasteiger partial charge in [0.2, 0.25) is 0 Å². The highest BCUT2D eigenvalue weighted by Crippen LogP contribution is 2.44. The van der Waals surface area contributed by atoms with Crippen LogP contribution in [0.4, 0.5) is 8.78 Å². The van der Waals surface area contributed by atoms with E-state index in [0.29, 0.717) is 31.0 Å². The smallest absolute Gasteiger partial charge is 0.259 e. The van der Waals surface area contributed by atoms with Crippen molar-refractivity contribution in [2.75, 3.05) is 13.1 Å². The van der Waals surface area contributed by atoms with E-state index < -0.39 is 37.7 Å². The Labute approximate surface area is 226 Å². The van der Waals surface area contributed by atoms with E-state index in [1.165, 1.54) is 12.1 Å². The second kappa shape index (κ2) is 11.7. The fourth-order valence-corrected chi connectivity index (χ4v) is 11.6. The molecule has 0 amide bonds. The maximum absolute atomic E-state index is 15.3. The molecule has 0 bridgehead atoms. The Morgan fingerprint density at radius 2 is 1.35 bits per heavy atom. The van der Waals surface area contributed by atoms with Crippen LogP contribution in [0, 0.1) is 11.6 Å². The molecule has 206 valence electrons. The molecule has 0 radical (unpaired) electrons. The zero-order chi connectivity index (χ0) is 27.7. The molecule has 2 N–H and O–H groups in total. The van der Waals surface area contributed by atoms with Gasteiger partial charge in [-0.15, -0.1) is 0 Å². The van der Waals surface area contributed by atoms with Gasteiger partial charge in [0.1, 0.15) is 0 Å². The normalized spacial score (nSPS) is 18.5. The molecule has 2 aromatic carbocycles. The van der Waals surface area contributed by atoms with Gasteiger partial charge in [0.15, 0.2) is 17.4 Å². The number of aliphatic hydroxyl groups is 2. The number of rotatable bonds is 9. The van der Waals surface area contributed by atoms with Crippen LogP contribution in [0.1, 0.15) is 78.5 Å². The van der Waals surface area contributed by atoms with Crippen molar-refractivity contribution in [3.8, 4) is 5.75 Å². The van der Waals surface area contributed by atoms with Crippen molar-refractivity contribution in [3.63, 3.8) is 0 Å². The van der Waals surface area contributed by atoms with Crippen LogP contribution < -0.4 is 4.43 Å². The lowest BCUT2D eigenvalue weighted by atomic mass is 9.83. The van der Waals surface area contributed by atoms with Crippen LogP contribution in [0.15, 0.2) is 36.4 Å². The Morgan fingerprint density at radius 3 is 1.78 bits per heavy atom. The first-order valence-corrected chi connectivity index (χ1v) is 15.8. The molecule has 4 nitrogen and oxygen atoms in total. The zero-order valence-electron chi connectivity index (χ0n) is 23.1. The number of benzene rings is 2. The van der Waals surface area contributed by atoms with Gasteiger partial charge in [0.05, 0.1) is 11.7 Å². The first-order valence-electron chi connectivity index (χ1n) is 13.3. The average Bonchev–Trinajstić information content (AvgIpc) is 2.82. The molecular formula is C29H42ClF2NO3Si. The first-order chi connectivity index (χ1) is 17.2. The Balaban J connectivity index is 1.76. The molecule has 0 saturated carbocycles. The quantitative estimate of drug-likeness (QED) is 0.314. The van der Waals surface area contributed by atoms with Crippen LogP contribution in [-0.2, 0) is 5.60 Å². The van der Waals surface area contributed by atoms with Crippen molar-refractivity contribution in [3.05, 3.63) is 64.2 Å². The van der Waals surface area contributed by atoms with Gasteiger partial charge in [-0.1, -0.05) is 65.3 Å². The highest BCUT2D eigenvalue weighted by atomic mass is 35.5. The summed E-state index contributed by atoms with van der Waals surface area (Å²) in [6.45, 7) is 15.3. The van der Waals surface area contributed by atoms with E-state index in [9.17, 15) is 10.2 Å². The molecule has 1 fully saturated rings. The Kier molecular flexibility index (Phi) is 9.50. The summed E-state index contributed by atoms with van der Waals surface area (Å²) in [5.41, 5.74) is 0.530.